The summed E-state index contributed by atoms with van der Waals surface area (Å²) in [5, 5.41) is 12.3. The van der Waals surface area contributed by atoms with Gasteiger partial charge in [-0.2, -0.15) is 13.2 Å². The van der Waals surface area contributed by atoms with E-state index in [1.165, 1.54) is 0 Å². The van der Waals surface area contributed by atoms with Crippen LogP contribution in [0.5, 0.6) is 0 Å². The molecule has 0 amide bonds. The number of rotatable bonds is 8. The van der Waals surface area contributed by atoms with Gasteiger partial charge in [0, 0.05) is 12.1 Å². The number of halogens is 3. The first kappa shape index (κ1) is 16.7. The van der Waals surface area contributed by atoms with Gasteiger partial charge in [0.15, 0.2) is 6.10 Å². The lowest BCUT2D eigenvalue weighted by atomic mass is 9.97. The third kappa shape index (κ3) is 6.85. The van der Waals surface area contributed by atoms with Crippen molar-refractivity contribution < 1.29 is 23.0 Å². The van der Waals surface area contributed by atoms with Crippen LogP contribution in [-0.2, 0) is 4.74 Å². The van der Waals surface area contributed by atoms with Crippen LogP contribution in [0.4, 0.5) is 13.2 Å². The summed E-state index contributed by atoms with van der Waals surface area (Å²) in [5.74, 6) is 0. The van der Waals surface area contributed by atoms with Crippen molar-refractivity contribution in [3.63, 3.8) is 0 Å². The highest BCUT2D eigenvalue weighted by atomic mass is 19.4. The fraction of sp³-hybridized carbons (Fsp3) is 1.00. The number of alkyl halides is 3. The van der Waals surface area contributed by atoms with E-state index in [1.54, 1.807) is 0 Å². The SMILES string of the molecule is CCNC(C)(CO)CCCOC(C)C(F)(F)F. The molecule has 0 saturated heterocycles. The topological polar surface area (TPSA) is 41.5 Å². The molecule has 0 aliphatic heterocycles. The van der Waals surface area contributed by atoms with E-state index in [4.69, 9.17) is 4.74 Å². The molecule has 0 aliphatic rings. The molecule has 0 aromatic carbocycles. The molecule has 0 aliphatic carbocycles. The lowest BCUT2D eigenvalue weighted by molar-refractivity contribution is -0.214. The molecule has 0 spiro atoms. The summed E-state index contributed by atoms with van der Waals surface area (Å²) in [6.45, 7) is 5.45. The fourth-order valence-electron chi connectivity index (χ4n) is 1.47. The zero-order valence-electron chi connectivity index (χ0n) is 10.6. The van der Waals surface area contributed by atoms with Crippen molar-refractivity contribution >= 4 is 0 Å². The van der Waals surface area contributed by atoms with Gasteiger partial charge < -0.3 is 15.2 Å². The number of likely N-dealkylation sites (N-methyl/N-ethyl adjacent to an activating group) is 1. The number of aliphatic hydroxyl groups excluding tert-OH is 1. The van der Waals surface area contributed by atoms with E-state index in [0.29, 0.717) is 19.4 Å². The van der Waals surface area contributed by atoms with E-state index in [1.807, 2.05) is 13.8 Å². The average Bonchev–Trinajstić information content (AvgIpc) is 2.23. The Kier molecular flexibility index (Phi) is 7.04. The second kappa shape index (κ2) is 7.18. The van der Waals surface area contributed by atoms with Gasteiger partial charge in [-0.15, -0.1) is 0 Å². The summed E-state index contributed by atoms with van der Waals surface area (Å²) in [6.07, 6.45) is -4.99. The van der Waals surface area contributed by atoms with Crippen LogP contribution >= 0.6 is 0 Å². The Balaban J connectivity index is 3.84. The maximum absolute atomic E-state index is 12.1. The van der Waals surface area contributed by atoms with Gasteiger partial charge in [-0.3, -0.25) is 0 Å². The van der Waals surface area contributed by atoms with Crippen LogP contribution in [0.25, 0.3) is 0 Å². The predicted molar refractivity (Wildman–Crippen MR) is 59.9 cm³/mol. The monoisotopic (exact) mass is 257 g/mol. The highest BCUT2D eigenvalue weighted by Crippen LogP contribution is 2.22. The van der Waals surface area contributed by atoms with E-state index in [9.17, 15) is 18.3 Å². The molecule has 0 saturated carbocycles. The van der Waals surface area contributed by atoms with Crippen LogP contribution in [0.15, 0.2) is 0 Å². The second-order valence-corrected chi connectivity index (χ2v) is 4.41. The minimum atomic E-state index is -4.30. The first-order valence-corrected chi connectivity index (χ1v) is 5.79. The predicted octanol–water partition coefficient (Wildman–Crippen LogP) is 2.09. The van der Waals surface area contributed by atoms with Crippen molar-refractivity contribution in [2.75, 3.05) is 19.8 Å². The smallest absolute Gasteiger partial charge is 0.394 e. The minimum Gasteiger partial charge on any atom is -0.394 e. The normalized spacial score (nSPS) is 17.8. The summed E-state index contributed by atoms with van der Waals surface area (Å²) in [6, 6.07) is 0. The molecular formula is C11H22F3NO2. The number of nitrogens with one attached hydrogen (secondary N) is 1. The van der Waals surface area contributed by atoms with Gasteiger partial charge in [0.1, 0.15) is 0 Å². The summed E-state index contributed by atoms with van der Waals surface area (Å²) >= 11 is 0. The third-order valence-corrected chi connectivity index (χ3v) is 2.65. The Hall–Kier alpha value is -0.330. The van der Waals surface area contributed by atoms with E-state index in [0.717, 1.165) is 6.92 Å². The lowest BCUT2D eigenvalue weighted by Gasteiger charge is -2.28. The van der Waals surface area contributed by atoms with Crippen LogP contribution in [0.3, 0.4) is 0 Å². The van der Waals surface area contributed by atoms with Crippen LogP contribution in [-0.4, -0.2) is 42.7 Å². The molecule has 104 valence electrons. The summed E-state index contributed by atoms with van der Waals surface area (Å²) in [5.41, 5.74) is -0.445. The van der Waals surface area contributed by atoms with Crippen molar-refractivity contribution in [3.8, 4) is 0 Å². The van der Waals surface area contributed by atoms with E-state index in [-0.39, 0.29) is 13.2 Å². The standard InChI is InChI=1S/C11H22F3NO2/c1-4-15-10(3,8-16)6-5-7-17-9(2)11(12,13)14/h9,15-16H,4-8H2,1-3H3. The third-order valence-electron chi connectivity index (χ3n) is 2.65. The zero-order chi connectivity index (χ0) is 13.5. The highest BCUT2D eigenvalue weighted by Gasteiger charge is 2.36. The summed E-state index contributed by atoms with van der Waals surface area (Å²) in [4.78, 5) is 0. The Bertz CT molecular complexity index is 211. The van der Waals surface area contributed by atoms with Crippen molar-refractivity contribution in [3.05, 3.63) is 0 Å². The molecule has 17 heavy (non-hydrogen) atoms. The van der Waals surface area contributed by atoms with Gasteiger partial charge in [0.05, 0.1) is 6.61 Å². The van der Waals surface area contributed by atoms with Gasteiger partial charge in [-0.05, 0) is 33.2 Å². The number of aliphatic hydroxyl groups is 1. The van der Waals surface area contributed by atoms with Crippen LogP contribution in [0, 0.1) is 0 Å². The first-order valence-electron chi connectivity index (χ1n) is 5.79. The molecular weight excluding hydrogens is 235 g/mol. The Morgan fingerprint density at radius 1 is 1.35 bits per heavy atom. The molecule has 0 radical (unpaired) electrons. The number of hydrogen-bond donors (Lipinski definition) is 2. The highest BCUT2D eigenvalue weighted by molar-refractivity contribution is 4.81. The van der Waals surface area contributed by atoms with Crippen LogP contribution < -0.4 is 5.32 Å². The van der Waals surface area contributed by atoms with E-state index < -0.39 is 17.8 Å². The van der Waals surface area contributed by atoms with Crippen molar-refractivity contribution in [2.45, 2.75) is 51.4 Å². The Morgan fingerprint density at radius 3 is 2.35 bits per heavy atom. The van der Waals surface area contributed by atoms with Gasteiger partial charge in [0.2, 0.25) is 0 Å². The molecule has 0 aromatic rings. The Labute approximate surface area is 100 Å². The molecule has 3 nitrogen and oxygen atoms in total. The first-order chi connectivity index (χ1) is 7.75. The van der Waals surface area contributed by atoms with Crippen molar-refractivity contribution in [1.82, 2.24) is 5.32 Å². The number of hydrogen-bond acceptors (Lipinski definition) is 3. The van der Waals surface area contributed by atoms with E-state index >= 15 is 0 Å². The Morgan fingerprint density at radius 2 is 1.94 bits per heavy atom. The maximum Gasteiger partial charge on any atom is 0.414 e. The van der Waals surface area contributed by atoms with Crippen LogP contribution in [0.1, 0.15) is 33.6 Å². The molecule has 2 unspecified atom stereocenters. The quantitative estimate of drug-likeness (QED) is 0.654. The minimum absolute atomic E-state index is 0.0433. The molecule has 6 heteroatoms. The molecule has 0 fully saturated rings. The van der Waals surface area contributed by atoms with E-state index in [2.05, 4.69) is 5.32 Å². The van der Waals surface area contributed by atoms with Gasteiger partial charge >= 0.3 is 6.18 Å². The number of ether oxygens (including phenoxy) is 1. The van der Waals surface area contributed by atoms with Gasteiger partial charge in [-0.25, -0.2) is 0 Å². The largest absolute Gasteiger partial charge is 0.414 e. The zero-order valence-corrected chi connectivity index (χ0v) is 10.6. The molecule has 2 N–H and O–H groups in total. The molecule has 2 atom stereocenters. The fourth-order valence-corrected chi connectivity index (χ4v) is 1.47. The molecule has 0 aromatic heterocycles. The van der Waals surface area contributed by atoms with Crippen molar-refractivity contribution in [2.24, 2.45) is 0 Å². The van der Waals surface area contributed by atoms with Crippen LogP contribution in [0.2, 0.25) is 0 Å². The molecule has 0 rings (SSSR count). The molecule has 0 bridgehead atoms. The van der Waals surface area contributed by atoms with Gasteiger partial charge in [0.25, 0.3) is 0 Å². The molecule has 0 heterocycles. The average molecular weight is 257 g/mol. The van der Waals surface area contributed by atoms with Gasteiger partial charge in [-0.1, -0.05) is 6.92 Å². The second-order valence-electron chi connectivity index (χ2n) is 4.41. The summed E-state index contributed by atoms with van der Waals surface area (Å²) < 4.78 is 41.0. The van der Waals surface area contributed by atoms with Crippen molar-refractivity contribution in [1.29, 1.82) is 0 Å². The lowest BCUT2D eigenvalue weighted by Crippen LogP contribution is -2.45. The maximum atomic E-state index is 12.1. The summed E-state index contributed by atoms with van der Waals surface area (Å²) in [7, 11) is 0.